The van der Waals surface area contributed by atoms with Crippen molar-refractivity contribution >= 4 is 39.2 Å². The monoisotopic (exact) mass is 339 g/mol. The average molecular weight is 339 g/mol. The van der Waals surface area contributed by atoms with E-state index in [1.54, 1.807) is 7.05 Å². The number of nitrogens with zero attached hydrogens (tertiary/aromatic N) is 2. The van der Waals surface area contributed by atoms with Crippen molar-refractivity contribution in [3.63, 3.8) is 0 Å². The summed E-state index contributed by atoms with van der Waals surface area (Å²) in [6.07, 6.45) is 0.896. The number of aryl methyl sites for hydroxylation is 2. The number of aromatic nitrogens is 2. The van der Waals surface area contributed by atoms with Crippen LogP contribution < -0.4 is 10.9 Å². The van der Waals surface area contributed by atoms with Gasteiger partial charge in [-0.1, -0.05) is 18.7 Å². The van der Waals surface area contributed by atoms with Crippen molar-refractivity contribution in [3.8, 4) is 0 Å². The van der Waals surface area contributed by atoms with Crippen LogP contribution in [0.4, 0.5) is 0 Å². The molecule has 5 nitrogen and oxygen atoms in total. The average Bonchev–Trinajstić information content (AvgIpc) is 2.76. The van der Waals surface area contributed by atoms with E-state index in [-0.39, 0.29) is 23.3 Å². The molecule has 1 N–H and O–H groups in total. The summed E-state index contributed by atoms with van der Waals surface area (Å²) in [6.45, 7) is 7.94. The fourth-order valence-electron chi connectivity index (χ4n) is 2.03. The Morgan fingerprint density at radius 3 is 2.77 bits per heavy atom. The van der Waals surface area contributed by atoms with Crippen LogP contribution in [-0.2, 0) is 11.8 Å². The molecule has 0 aromatic carbocycles. The molecule has 1 amide bonds. The Hall–Kier alpha value is -1.34. The van der Waals surface area contributed by atoms with E-state index in [9.17, 15) is 9.59 Å². The number of rotatable bonds is 5. The lowest BCUT2D eigenvalue weighted by Crippen LogP contribution is -2.33. The largest absolute Gasteiger partial charge is 0.353 e. The number of fused-ring (bicyclic) bond motifs is 1. The Bertz CT molecular complexity index is 764. The molecule has 1 atom stereocenters. The van der Waals surface area contributed by atoms with Crippen molar-refractivity contribution in [2.75, 3.05) is 5.75 Å². The predicted molar refractivity (Wildman–Crippen MR) is 93.0 cm³/mol. The van der Waals surface area contributed by atoms with Crippen molar-refractivity contribution in [1.82, 2.24) is 14.9 Å². The molecule has 2 aromatic rings. The van der Waals surface area contributed by atoms with Crippen molar-refractivity contribution in [1.29, 1.82) is 0 Å². The van der Waals surface area contributed by atoms with Crippen LogP contribution in [0, 0.1) is 13.8 Å². The summed E-state index contributed by atoms with van der Waals surface area (Å²) in [5.74, 6) is 0.228. The Morgan fingerprint density at radius 1 is 1.45 bits per heavy atom. The van der Waals surface area contributed by atoms with E-state index >= 15 is 0 Å². The molecule has 120 valence electrons. The molecule has 1 unspecified atom stereocenters. The van der Waals surface area contributed by atoms with Crippen LogP contribution in [-0.4, -0.2) is 27.3 Å². The van der Waals surface area contributed by atoms with Gasteiger partial charge in [-0.05, 0) is 32.8 Å². The maximum atomic E-state index is 12.5. The molecular weight excluding hydrogens is 318 g/mol. The first-order valence-corrected chi connectivity index (χ1v) is 9.04. The van der Waals surface area contributed by atoms with Gasteiger partial charge < -0.3 is 5.32 Å². The van der Waals surface area contributed by atoms with E-state index in [0.29, 0.717) is 10.5 Å². The Kier molecular flexibility index (Phi) is 5.28. The van der Waals surface area contributed by atoms with Crippen molar-refractivity contribution in [3.05, 3.63) is 20.8 Å². The maximum Gasteiger partial charge on any atom is 0.262 e. The molecule has 0 bridgehead atoms. The molecule has 0 aliphatic heterocycles. The zero-order valence-electron chi connectivity index (χ0n) is 13.5. The Morgan fingerprint density at radius 2 is 2.14 bits per heavy atom. The Labute approximate surface area is 138 Å². The minimum atomic E-state index is -0.0447. The SMILES string of the molecule is CCC(C)NC(=O)CSc1nc2sc(C)c(C)c2c(=O)n1C. The lowest BCUT2D eigenvalue weighted by Gasteiger charge is -2.11. The minimum Gasteiger partial charge on any atom is -0.353 e. The smallest absolute Gasteiger partial charge is 0.262 e. The van der Waals surface area contributed by atoms with Crippen LogP contribution in [0.2, 0.25) is 0 Å². The summed E-state index contributed by atoms with van der Waals surface area (Å²) in [6, 6.07) is 0.162. The van der Waals surface area contributed by atoms with Gasteiger partial charge in [-0.25, -0.2) is 4.98 Å². The van der Waals surface area contributed by atoms with Crippen LogP contribution >= 0.6 is 23.1 Å². The fourth-order valence-corrected chi connectivity index (χ4v) is 3.89. The van der Waals surface area contributed by atoms with Gasteiger partial charge in [0.25, 0.3) is 5.56 Å². The quantitative estimate of drug-likeness (QED) is 0.672. The topological polar surface area (TPSA) is 64.0 Å². The third kappa shape index (κ3) is 3.35. The van der Waals surface area contributed by atoms with Crippen molar-refractivity contribution in [2.24, 2.45) is 7.05 Å². The second-order valence-electron chi connectivity index (χ2n) is 5.39. The molecule has 0 saturated heterocycles. The molecule has 7 heteroatoms. The maximum absolute atomic E-state index is 12.5. The fraction of sp³-hybridized carbons (Fsp3) is 0.533. The number of thiophene rings is 1. The van der Waals surface area contributed by atoms with Crippen LogP contribution in [0.25, 0.3) is 10.2 Å². The van der Waals surface area contributed by atoms with Gasteiger partial charge in [0.2, 0.25) is 5.91 Å². The highest BCUT2D eigenvalue weighted by atomic mass is 32.2. The van der Waals surface area contributed by atoms with Gasteiger partial charge in [-0.2, -0.15) is 0 Å². The predicted octanol–water partition coefficient (Wildman–Crippen LogP) is 2.62. The van der Waals surface area contributed by atoms with E-state index in [0.717, 1.165) is 21.7 Å². The van der Waals surface area contributed by atoms with Crippen LogP contribution in [0.15, 0.2) is 9.95 Å². The summed E-state index contributed by atoms with van der Waals surface area (Å²) in [7, 11) is 1.70. The molecule has 2 rings (SSSR count). The highest BCUT2D eigenvalue weighted by molar-refractivity contribution is 7.99. The number of hydrogen-bond acceptors (Lipinski definition) is 5. The second kappa shape index (κ2) is 6.83. The highest BCUT2D eigenvalue weighted by Gasteiger charge is 2.16. The number of hydrogen-bond donors (Lipinski definition) is 1. The lowest BCUT2D eigenvalue weighted by atomic mass is 10.2. The molecule has 22 heavy (non-hydrogen) atoms. The highest BCUT2D eigenvalue weighted by Crippen LogP contribution is 2.27. The van der Waals surface area contributed by atoms with Crippen molar-refractivity contribution in [2.45, 2.75) is 45.3 Å². The normalized spacial score (nSPS) is 12.6. The number of carbonyl (C=O) groups excluding carboxylic acids is 1. The first-order chi connectivity index (χ1) is 10.3. The minimum absolute atomic E-state index is 0.0350. The summed E-state index contributed by atoms with van der Waals surface area (Å²) in [4.78, 5) is 30.7. The molecule has 2 heterocycles. The zero-order chi connectivity index (χ0) is 16.4. The molecule has 0 aliphatic rings. The van der Waals surface area contributed by atoms with Crippen LogP contribution in [0.5, 0.6) is 0 Å². The molecule has 0 spiro atoms. The first-order valence-electron chi connectivity index (χ1n) is 7.24. The second-order valence-corrected chi connectivity index (χ2v) is 7.53. The van der Waals surface area contributed by atoms with Crippen LogP contribution in [0.1, 0.15) is 30.7 Å². The number of amides is 1. The molecular formula is C15H21N3O2S2. The van der Waals surface area contributed by atoms with Gasteiger partial charge in [-0.15, -0.1) is 11.3 Å². The molecule has 2 aromatic heterocycles. The lowest BCUT2D eigenvalue weighted by molar-refractivity contribution is -0.119. The summed E-state index contributed by atoms with van der Waals surface area (Å²) in [5.41, 5.74) is 0.954. The van der Waals surface area contributed by atoms with Gasteiger partial charge in [0.1, 0.15) is 4.83 Å². The van der Waals surface area contributed by atoms with Gasteiger partial charge in [-0.3, -0.25) is 14.2 Å². The van der Waals surface area contributed by atoms with E-state index in [1.165, 1.54) is 27.7 Å². The summed E-state index contributed by atoms with van der Waals surface area (Å²) in [5, 5.41) is 4.19. The van der Waals surface area contributed by atoms with Crippen LogP contribution in [0.3, 0.4) is 0 Å². The molecule has 0 aliphatic carbocycles. The molecule has 0 saturated carbocycles. The van der Waals surface area contributed by atoms with E-state index in [2.05, 4.69) is 10.3 Å². The van der Waals surface area contributed by atoms with Gasteiger partial charge in [0, 0.05) is 18.0 Å². The third-order valence-corrected chi connectivity index (χ3v) is 5.85. The third-order valence-electron chi connectivity index (χ3n) is 3.72. The van der Waals surface area contributed by atoms with Gasteiger partial charge in [0.05, 0.1) is 11.1 Å². The number of nitrogens with one attached hydrogen (secondary N) is 1. The van der Waals surface area contributed by atoms with E-state index in [1.807, 2.05) is 27.7 Å². The Balaban J connectivity index is 2.24. The van der Waals surface area contributed by atoms with E-state index in [4.69, 9.17) is 0 Å². The molecule has 0 radical (unpaired) electrons. The van der Waals surface area contributed by atoms with Gasteiger partial charge in [0.15, 0.2) is 5.16 Å². The standard InChI is InChI=1S/C15H21N3O2S2/c1-6-8(2)16-11(19)7-21-15-17-13-12(14(20)18(15)5)9(3)10(4)22-13/h8H,6-7H2,1-5H3,(H,16,19). The summed E-state index contributed by atoms with van der Waals surface area (Å²) < 4.78 is 1.53. The summed E-state index contributed by atoms with van der Waals surface area (Å²) >= 11 is 2.82. The first kappa shape index (κ1) is 17.0. The number of thioether (sulfide) groups is 1. The number of carbonyl (C=O) groups is 1. The molecule has 0 fully saturated rings. The zero-order valence-corrected chi connectivity index (χ0v) is 15.2. The van der Waals surface area contributed by atoms with Crippen molar-refractivity contribution < 1.29 is 4.79 Å². The van der Waals surface area contributed by atoms with E-state index < -0.39 is 0 Å². The van der Waals surface area contributed by atoms with Gasteiger partial charge >= 0.3 is 0 Å².